The number of nitrogens with one attached hydrogen (secondary N) is 1. The van der Waals surface area contributed by atoms with Gasteiger partial charge in [0.1, 0.15) is 6.04 Å². The highest BCUT2D eigenvalue weighted by atomic mass is 35.5. The quantitative estimate of drug-likeness (QED) is 0.873. The molecule has 0 aliphatic heterocycles. The molecule has 1 unspecified atom stereocenters. The molecule has 1 heterocycles. The van der Waals surface area contributed by atoms with E-state index < -0.39 is 29.7 Å². The number of carboxylic acid groups (broad SMARTS) is 1. The lowest BCUT2D eigenvalue weighted by molar-refractivity contribution is -0.140. The average molecular weight is 362 g/mol. The molecule has 0 aliphatic carbocycles. The number of rotatable bonds is 4. The number of aromatic nitrogens is 2. The molecule has 0 spiro atoms. The highest BCUT2D eigenvalue weighted by Crippen LogP contribution is 2.33. The van der Waals surface area contributed by atoms with Crippen molar-refractivity contribution in [1.82, 2.24) is 9.78 Å². The fourth-order valence-electron chi connectivity index (χ4n) is 1.77. The van der Waals surface area contributed by atoms with Crippen molar-refractivity contribution in [3.05, 3.63) is 46.7 Å². The van der Waals surface area contributed by atoms with Gasteiger partial charge in [-0.15, -0.1) is 0 Å². The predicted octanol–water partition coefficient (Wildman–Crippen LogP) is 3.45. The van der Waals surface area contributed by atoms with Gasteiger partial charge in [0.15, 0.2) is 0 Å². The van der Waals surface area contributed by atoms with E-state index in [-0.39, 0.29) is 16.3 Å². The minimum absolute atomic E-state index is 0.0171. The molecule has 0 fully saturated rings. The fraction of sp³-hybridized carbons (Fsp3) is 0.214. The summed E-state index contributed by atoms with van der Waals surface area (Å²) in [5.41, 5.74) is -1.19. The smallest absolute Gasteiger partial charge is 0.416 e. The van der Waals surface area contributed by atoms with Crippen LogP contribution in [-0.4, -0.2) is 26.8 Å². The molecular weight excluding hydrogens is 351 g/mol. The molecule has 1 aromatic carbocycles. The summed E-state index contributed by atoms with van der Waals surface area (Å²) in [4.78, 5) is 22.9. The molecule has 1 atom stereocenters. The van der Waals surface area contributed by atoms with Gasteiger partial charge in [-0.25, -0.2) is 4.79 Å². The van der Waals surface area contributed by atoms with Gasteiger partial charge in [0.2, 0.25) is 0 Å². The van der Waals surface area contributed by atoms with Gasteiger partial charge in [0, 0.05) is 6.20 Å². The van der Waals surface area contributed by atoms with E-state index in [4.69, 9.17) is 16.7 Å². The van der Waals surface area contributed by atoms with Crippen LogP contribution >= 0.6 is 11.6 Å². The van der Waals surface area contributed by atoms with E-state index in [1.807, 2.05) is 0 Å². The van der Waals surface area contributed by atoms with Gasteiger partial charge in [-0.1, -0.05) is 11.6 Å². The molecule has 128 valence electrons. The van der Waals surface area contributed by atoms with Crippen LogP contribution in [0.3, 0.4) is 0 Å². The average Bonchev–Trinajstić information content (AvgIpc) is 2.97. The van der Waals surface area contributed by atoms with E-state index >= 15 is 0 Å². The number of hydrogen-bond acceptors (Lipinski definition) is 3. The number of benzene rings is 1. The van der Waals surface area contributed by atoms with Crippen LogP contribution in [0.25, 0.3) is 0 Å². The summed E-state index contributed by atoms with van der Waals surface area (Å²) in [6, 6.07) is 1.54. The zero-order valence-corrected chi connectivity index (χ0v) is 12.9. The highest BCUT2D eigenvalue weighted by molar-refractivity contribution is 6.34. The van der Waals surface area contributed by atoms with Gasteiger partial charge in [-0.05, 0) is 25.1 Å². The largest absolute Gasteiger partial charge is 0.480 e. The second-order valence-corrected chi connectivity index (χ2v) is 5.28. The van der Waals surface area contributed by atoms with Crippen LogP contribution in [0.1, 0.15) is 28.9 Å². The monoisotopic (exact) mass is 361 g/mol. The summed E-state index contributed by atoms with van der Waals surface area (Å²) in [5.74, 6) is -1.91. The van der Waals surface area contributed by atoms with Crippen molar-refractivity contribution in [2.24, 2.45) is 0 Å². The van der Waals surface area contributed by atoms with E-state index in [9.17, 15) is 22.8 Å². The molecule has 1 aromatic heterocycles. The van der Waals surface area contributed by atoms with E-state index in [1.165, 1.54) is 13.1 Å². The van der Waals surface area contributed by atoms with Crippen LogP contribution in [0.2, 0.25) is 5.02 Å². The first kappa shape index (κ1) is 17.8. The van der Waals surface area contributed by atoms with E-state index in [2.05, 4.69) is 10.4 Å². The third kappa shape index (κ3) is 3.85. The number of hydrogen-bond donors (Lipinski definition) is 2. The third-order valence-corrected chi connectivity index (χ3v) is 3.49. The Hall–Kier alpha value is -2.55. The molecule has 1 amide bonds. The van der Waals surface area contributed by atoms with Crippen LogP contribution in [0, 0.1) is 0 Å². The predicted molar refractivity (Wildman–Crippen MR) is 79.0 cm³/mol. The summed E-state index contributed by atoms with van der Waals surface area (Å²) in [6.07, 6.45) is -2.29. The number of nitrogens with zero attached hydrogens (tertiary/aromatic N) is 2. The molecule has 24 heavy (non-hydrogen) atoms. The first-order valence-electron chi connectivity index (χ1n) is 6.54. The van der Waals surface area contributed by atoms with Crippen LogP contribution in [0.15, 0.2) is 30.6 Å². The van der Waals surface area contributed by atoms with Gasteiger partial charge in [-0.2, -0.15) is 18.3 Å². The second kappa shape index (κ2) is 6.52. The Bertz CT molecular complexity index is 789. The Labute approximate surface area is 138 Å². The summed E-state index contributed by atoms with van der Waals surface area (Å²) in [6.45, 7) is 1.36. The number of aliphatic carboxylic acids is 1. The summed E-state index contributed by atoms with van der Waals surface area (Å²) in [5, 5.41) is 14.8. The van der Waals surface area contributed by atoms with Crippen molar-refractivity contribution in [3.8, 4) is 0 Å². The van der Waals surface area contributed by atoms with Crippen LogP contribution in [-0.2, 0) is 11.0 Å². The number of carbonyl (C=O) groups is 2. The summed E-state index contributed by atoms with van der Waals surface area (Å²) < 4.78 is 39.2. The van der Waals surface area contributed by atoms with Gasteiger partial charge in [-0.3, -0.25) is 9.48 Å². The molecule has 0 aliphatic rings. The zero-order chi connectivity index (χ0) is 18.1. The maximum atomic E-state index is 12.7. The van der Waals surface area contributed by atoms with Gasteiger partial charge in [0.25, 0.3) is 5.91 Å². The number of halogens is 4. The second-order valence-electron chi connectivity index (χ2n) is 4.87. The molecule has 0 saturated heterocycles. The number of amides is 1. The van der Waals surface area contributed by atoms with Crippen molar-refractivity contribution >= 4 is 29.2 Å². The maximum Gasteiger partial charge on any atom is 0.416 e. The molecule has 6 nitrogen and oxygen atoms in total. The third-order valence-electron chi connectivity index (χ3n) is 3.16. The van der Waals surface area contributed by atoms with Crippen molar-refractivity contribution in [3.63, 3.8) is 0 Å². The molecule has 0 saturated carbocycles. The van der Waals surface area contributed by atoms with Gasteiger partial charge < -0.3 is 10.4 Å². The lowest BCUT2D eigenvalue weighted by Crippen LogP contribution is -2.16. The van der Waals surface area contributed by atoms with Crippen molar-refractivity contribution in [1.29, 1.82) is 0 Å². The lowest BCUT2D eigenvalue weighted by atomic mass is 10.2. The number of alkyl halides is 3. The van der Waals surface area contributed by atoms with Crippen LogP contribution in [0.5, 0.6) is 0 Å². The summed E-state index contributed by atoms with van der Waals surface area (Å²) in [7, 11) is 0. The van der Waals surface area contributed by atoms with Crippen LogP contribution < -0.4 is 5.32 Å². The molecule has 0 radical (unpaired) electrons. The lowest BCUT2D eigenvalue weighted by Gasteiger charge is -2.11. The summed E-state index contributed by atoms with van der Waals surface area (Å²) >= 11 is 5.79. The Kier molecular flexibility index (Phi) is 4.83. The van der Waals surface area contributed by atoms with Crippen molar-refractivity contribution < 1.29 is 27.9 Å². The van der Waals surface area contributed by atoms with Gasteiger partial charge >= 0.3 is 12.1 Å². The molecular formula is C14H11ClF3N3O3. The first-order chi connectivity index (χ1) is 11.1. The van der Waals surface area contributed by atoms with Gasteiger partial charge in [0.05, 0.1) is 28.0 Å². The molecule has 2 N–H and O–H groups in total. The maximum absolute atomic E-state index is 12.7. The number of carboxylic acids is 1. The molecule has 2 aromatic rings. The number of carbonyl (C=O) groups excluding carboxylic acids is 1. The Morgan fingerprint density at radius 3 is 2.62 bits per heavy atom. The number of anilines is 1. The van der Waals surface area contributed by atoms with Crippen molar-refractivity contribution in [2.75, 3.05) is 5.32 Å². The Morgan fingerprint density at radius 2 is 2.04 bits per heavy atom. The molecule has 2 rings (SSSR count). The van der Waals surface area contributed by atoms with E-state index in [1.54, 1.807) is 0 Å². The topological polar surface area (TPSA) is 84.2 Å². The molecule has 10 heteroatoms. The van der Waals surface area contributed by atoms with E-state index in [0.717, 1.165) is 23.0 Å². The van der Waals surface area contributed by atoms with Crippen LogP contribution in [0.4, 0.5) is 18.9 Å². The van der Waals surface area contributed by atoms with Crippen molar-refractivity contribution in [2.45, 2.75) is 19.1 Å². The fourth-order valence-corrected chi connectivity index (χ4v) is 1.94. The minimum atomic E-state index is -4.58. The minimum Gasteiger partial charge on any atom is -0.480 e. The Morgan fingerprint density at radius 1 is 1.38 bits per heavy atom. The zero-order valence-electron chi connectivity index (χ0n) is 12.1. The molecule has 0 bridgehead atoms. The highest BCUT2D eigenvalue weighted by Gasteiger charge is 2.31. The SMILES string of the molecule is CC(C(=O)O)n1cc(C(=O)Nc2cc(C(F)(F)F)ccc2Cl)cn1. The normalized spacial score (nSPS) is 12.7. The Balaban J connectivity index is 2.23. The van der Waals surface area contributed by atoms with E-state index in [0.29, 0.717) is 6.07 Å². The first-order valence-corrected chi connectivity index (χ1v) is 6.92. The standard InChI is InChI=1S/C14H11ClF3N3O3/c1-7(13(23)24)21-6-8(5-19-21)12(22)20-11-4-9(14(16,17)18)2-3-10(11)15/h2-7H,1H3,(H,20,22)(H,23,24).